The number of rotatable bonds is 10. The van der Waals surface area contributed by atoms with Crippen LogP contribution in [0.3, 0.4) is 0 Å². The van der Waals surface area contributed by atoms with Crippen molar-refractivity contribution < 1.29 is 0 Å². The second-order valence-electron chi connectivity index (χ2n) is 21.7. The zero-order valence-electron chi connectivity index (χ0n) is 44.9. The highest BCUT2D eigenvalue weighted by molar-refractivity contribution is 6.39. The topological polar surface area (TPSA) is 15.3 Å². The molecule has 17 rings (SSSR count). The first-order chi connectivity index (χ1) is 40.8. The number of hydrogen-bond donors (Lipinski definition) is 0. The first kappa shape index (κ1) is 46.3. The van der Waals surface area contributed by atoms with Crippen LogP contribution in [0.25, 0.3) is 115 Å². The Bertz CT molecular complexity index is 5190. The van der Waals surface area contributed by atoms with Crippen molar-refractivity contribution in [2.45, 2.75) is 12.8 Å². The molecule has 4 heterocycles. The maximum atomic E-state index is 2.64. The average molecular weight is 1050 g/mol. The number of nitrogens with zero attached hydrogens (tertiary/aromatic N) is 4. The largest absolute Gasteiger partial charge is 0.309 e. The highest BCUT2D eigenvalue weighted by atomic mass is 15.2. The molecule has 0 N–H and O–H groups in total. The molecule has 82 heavy (non-hydrogen) atoms. The Hall–Kier alpha value is -10.7. The molecule has 0 saturated carbocycles. The highest BCUT2D eigenvalue weighted by Crippen LogP contribution is 2.56. The molecule has 1 aliphatic carbocycles. The fourth-order valence-electron chi connectivity index (χ4n) is 14.2. The van der Waals surface area contributed by atoms with Gasteiger partial charge in [-0.05, 0) is 95.8 Å². The van der Waals surface area contributed by atoms with Crippen LogP contribution in [0.1, 0.15) is 18.4 Å². The van der Waals surface area contributed by atoms with Crippen molar-refractivity contribution >= 4 is 116 Å². The zero-order valence-corrected chi connectivity index (χ0v) is 44.9. The zero-order chi connectivity index (χ0) is 53.8. The number of fused-ring (bicyclic) bond motifs is 12. The lowest BCUT2D eigenvalue weighted by Gasteiger charge is -2.29. The van der Waals surface area contributed by atoms with Crippen molar-refractivity contribution in [3.05, 3.63) is 297 Å². The van der Waals surface area contributed by atoms with Crippen LogP contribution in [-0.4, -0.2) is 8.80 Å². The Morgan fingerprint density at radius 2 is 0.671 bits per heavy atom. The third kappa shape index (κ3) is 6.73. The molecule has 0 radical (unpaired) electrons. The summed E-state index contributed by atoms with van der Waals surface area (Å²) in [5.41, 5.74) is 23.8. The van der Waals surface area contributed by atoms with Crippen LogP contribution in [0.15, 0.2) is 291 Å². The second-order valence-corrected chi connectivity index (χ2v) is 21.7. The summed E-state index contributed by atoms with van der Waals surface area (Å²) in [6, 6.07) is 101. The van der Waals surface area contributed by atoms with Gasteiger partial charge < -0.3 is 18.6 Å². The predicted octanol–water partition coefficient (Wildman–Crippen LogP) is 21.7. The van der Waals surface area contributed by atoms with Crippen LogP contribution in [0.5, 0.6) is 0 Å². The summed E-state index contributed by atoms with van der Waals surface area (Å²) in [5, 5.41) is 9.85. The Morgan fingerprint density at radius 3 is 1.13 bits per heavy atom. The lowest BCUT2D eigenvalue weighted by molar-refractivity contribution is 1.05. The molecule has 4 nitrogen and oxygen atoms in total. The summed E-state index contributed by atoms with van der Waals surface area (Å²) in [6.07, 6.45) is 8.83. The van der Waals surface area contributed by atoms with E-state index < -0.39 is 0 Å². The van der Waals surface area contributed by atoms with E-state index in [2.05, 4.69) is 310 Å². The monoisotopic (exact) mass is 1040 g/mol. The fourth-order valence-corrected chi connectivity index (χ4v) is 14.2. The molecule has 384 valence electrons. The van der Waals surface area contributed by atoms with E-state index in [9.17, 15) is 0 Å². The number of allylic oxidation sites excluding steroid dienone is 4. The molecular formula is C78H52N4. The third-order valence-corrected chi connectivity index (χ3v) is 17.4. The fraction of sp³-hybridized carbons (Fsp3) is 0.0256. The maximum Gasteiger partial charge on any atom is 0.0634 e. The number of aromatic nitrogens is 2. The normalized spacial score (nSPS) is 12.8. The lowest BCUT2D eigenvalue weighted by Crippen LogP contribution is -2.12. The van der Waals surface area contributed by atoms with Crippen molar-refractivity contribution in [2.75, 3.05) is 9.80 Å². The van der Waals surface area contributed by atoms with E-state index in [1.54, 1.807) is 0 Å². The van der Waals surface area contributed by atoms with E-state index in [1.807, 2.05) is 0 Å². The summed E-state index contributed by atoms with van der Waals surface area (Å²) >= 11 is 0. The van der Waals surface area contributed by atoms with Gasteiger partial charge in [0.2, 0.25) is 0 Å². The van der Waals surface area contributed by atoms with Crippen LogP contribution >= 0.6 is 0 Å². The van der Waals surface area contributed by atoms with Crippen LogP contribution in [0.2, 0.25) is 0 Å². The van der Waals surface area contributed by atoms with Gasteiger partial charge in [0.15, 0.2) is 0 Å². The van der Waals surface area contributed by atoms with Gasteiger partial charge >= 0.3 is 0 Å². The van der Waals surface area contributed by atoms with E-state index in [0.29, 0.717) is 0 Å². The first-order valence-electron chi connectivity index (χ1n) is 28.6. The summed E-state index contributed by atoms with van der Waals surface area (Å²) in [5.74, 6) is 0. The summed E-state index contributed by atoms with van der Waals surface area (Å²) < 4.78 is 5.28. The lowest BCUT2D eigenvalue weighted by atomic mass is 9.89. The number of para-hydroxylation sites is 6. The van der Waals surface area contributed by atoms with E-state index in [4.69, 9.17) is 0 Å². The van der Waals surface area contributed by atoms with E-state index in [-0.39, 0.29) is 0 Å². The molecule has 0 unspecified atom stereocenters. The minimum Gasteiger partial charge on any atom is -0.309 e. The molecule has 1 aliphatic rings. The van der Waals surface area contributed by atoms with Gasteiger partial charge in [-0.1, -0.05) is 231 Å². The minimum atomic E-state index is 1.00. The van der Waals surface area contributed by atoms with E-state index in [1.165, 1.54) is 126 Å². The van der Waals surface area contributed by atoms with Crippen LogP contribution in [0, 0.1) is 0 Å². The highest BCUT2D eigenvalue weighted by Gasteiger charge is 2.33. The van der Waals surface area contributed by atoms with Crippen molar-refractivity contribution in [1.29, 1.82) is 0 Å². The molecule has 0 spiro atoms. The molecule has 0 aliphatic heterocycles. The van der Waals surface area contributed by atoms with Crippen LogP contribution in [-0.2, 0) is 0 Å². The van der Waals surface area contributed by atoms with Gasteiger partial charge in [0.1, 0.15) is 0 Å². The first-order valence-corrected chi connectivity index (χ1v) is 28.6. The molecule has 12 aromatic carbocycles. The van der Waals surface area contributed by atoms with Gasteiger partial charge in [0.25, 0.3) is 0 Å². The summed E-state index contributed by atoms with van der Waals surface area (Å²) in [7, 11) is 0. The molecular weight excluding hydrogens is 993 g/mol. The molecule has 4 aromatic heterocycles. The summed E-state index contributed by atoms with van der Waals surface area (Å²) in [6.45, 7) is 0. The maximum absolute atomic E-state index is 2.64. The van der Waals surface area contributed by atoms with E-state index in [0.717, 1.165) is 41.3 Å². The Kier molecular flexibility index (Phi) is 10.4. The smallest absolute Gasteiger partial charge is 0.0634 e. The Morgan fingerprint density at radius 1 is 0.293 bits per heavy atom. The Labute approximate surface area is 474 Å². The standard InChI is InChI=1S/C78H52N4/c1-7-27-51(28-8-1)57-39-19-21-45-63(57)79(55-35-15-5-16-36-55)65-47-25-49-67-71(65)59-41-23-43-61-73-70(54-33-13-4-14-34-54)78-74(69(53-31-11-3-12-32-53)77(73)81(67)75(59)61)62-44-24-42-60-72-66(48-26-50-68(72)82(78)76(60)62)80(56-37-17-6-18-38-56)64-46-22-20-40-58(64)52-29-9-2-10-30-52/h1-9,11-29,31-50H,10,30H2. The molecule has 0 saturated heterocycles. The van der Waals surface area contributed by atoms with Crippen molar-refractivity contribution in [3.8, 4) is 33.4 Å². The second kappa shape index (κ2) is 18.5. The molecule has 0 fully saturated rings. The van der Waals surface area contributed by atoms with Crippen molar-refractivity contribution in [2.24, 2.45) is 0 Å². The summed E-state index contributed by atoms with van der Waals surface area (Å²) in [4.78, 5) is 4.99. The molecule has 0 atom stereocenters. The quantitative estimate of drug-likeness (QED) is 0.136. The predicted molar refractivity (Wildman–Crippen MR) is 348 cm³/mol. The molecule has 0 bridgehead atoms. The van der Waals surface area contributed by atoms with Crippen LogP contribution < -0.4 is 9.80 Å². The third-order valence-electron chi connectivity index (χ3n) is 17.4. The van der Waals surface area contributed by atoms with Gasteiger partial charge in [-0.2, -0.15) is 0 Å². The average Bonchev–Trinajstić information content (AvgIpc) is 1.81. The van der Waals surface area contributed by atoms with Gasteiger partial charge in [-0.3, -0.25) is 0 Å². The number of benzene rings is 12. The van der Waals surface area contributed by atoms with Gasteiger partial charge in [0.05, 0.1) is 55.8 Å². The SMILES string of the molecule is C1=CCCC(c2ccccc2N(c2ccccc2)c2cccc3c2c2cccc4c5c(-c6ccccc6)c6c(c(-c7ccccc7)c5n3c24)c2cccc3c4c(N(c5ccccc5)c5ccccc5-c5ccccc5)cccc4n6c32)=C1. The van der Waals surface area contributed by atoms with Gasteiger partial charge in [-0.25, -0.2) is 0 Å². The number of anilines is 6. The molecule has 16 aromatic rings. The van der Waals surface area contributed by atoms with Crippen molar-refractivity contribution in [3.63, 3.8) is 0 Å². The Balaban J connectivity index is 1.03. The van der Waals surface area contributed by atoms with Crippen molar-refractivity contribution in [1.82, 2.24) is 8.80 Å². The van der Waals surface area contributed by atoms with Gasteiger partial charge in [-0.15, -0.1) is 0 Å². The molecule has 4 heteroatoms. The molecule has 0 amide bonds. The van der Waals surface area contributed by atoms with Gasteiger partial charge in [0, 0.05) is 76.7 Å². The van der Waals surface area contributed by atoms with Crippen LogP contribution in [0.4, 0.5) is 34.1 Å². The van der Waals surface area contributed by atoms with E-state index >= 15 is 0 Å². The number of hydrogen-bond acceptors (Lipinski definition) is 2. The minimum absolute atomic E-state index is 1.00.